The summed E-state index contributed by atoms with van der Waals surface area (Å²) in [5.74, 6) is 0. The number of carbonyl (C=O) groups is 2. The molecule has 0 spiro atoms. The molecule has 2 amide bonds. The molecule has 2 N–H and O–H groups in total. The molecule has 2 atom stereocenters. The summed E-state index contributed by atoms with van der Waals surface area (Å²) >= 11 is -5.88. The molecule has 0 aliphatic heterocycles. The second-order valence-electron chi connectivity index (χ2n) is 15.7. The number of rotatable bonds is 15. The van der Waals surface area contributed by atoms with E-state index in [1.54, 1.807) is 0 Å². The molecule has 0 radical (unpaired) electrons. The Bertz CT molecular complexity index is 2040. The number of allylic oxidation sites excluding steroid dienone is 2. The van der Waals surface area contributed by atoms with Crippen molar-refractivity contribution in [3.05, 3.63) is 127 Å². The standard InChI is InChI=1S/2C22H25.C2H3BN2O2.2ClH.Zr/c2*1-5-6-8-18-13-19-9-7-10-21(22(19)14-18)20-12-11-15(2)16(3)17(20)4;6-1-4-3-5-2-7;;;/h2*7,9-14H,5-6,8H2,1-4H3;1-2H,(H-,4,5,6,7);2*1H;/q;;;;;+1/p-1. The van der Waals surface area contributed by atoms with E-state index in [0.717, 1.165) is 71.9 Å². The normalized spacial score (nSPS) is 16.8. The van der Waals surface area contributed by atoms with Crippen LogP contribution in [0.1, 0.15) is 115 Å². The van der Waals surface area contributed by atoms with Crippen LogP contribution in [-0.4, -0.2) is 17.3 Å². The van der Waals surface area contributed by atoms with Gasteiger partial charge in [0.25, 0.3) is 0 Å². The second kappa shape index (κ2) is 16.1. The van der Waals surface area contributed by atoms with Crippen LogP contribution in [0, 0.1) is 41.5 Å². The van der Waals surface area contributed by atoms with Crippen molar-refractivity contribution in [2.75, 3.05) is 0 Å². The van der Waals surface area contributed by atoms with Crippen molar-refractivity contribution >= 4 is 46.5 Å². The van der Waals surface area contributed by atoms with Crippen LogP contribution in [0.2, 0.25) is 0 Å². The molecule has 4 nitrogen and oxygen atoms in total. The first kappa shape index (κ1) is 40.5. The van der Waals surface area contributed by atoms with Gasteiger partial charge in [-0.25, -0.2) is 0 Å². The number of unbranched alkanes of at least 4 members (excludes halogenated alkanes) is 2. The van der Waals surface area contributed by atoms with Crippen LogP contribution in [-0.2, 0) is 25.8 Å². The van der Waals surface area contributed by atoms with Gasteiger partial charge < -0.3 is 0 Å². The van der Waals surface area contributed by atoms with Crippen LogP contribution < -0.4 is 10.5 Å². The monoisotopic (exact) mass is 837 g/mol. The fourth-order valence-corrected chi connectivity index (χ4v) is 30.1. The van der Waals surface area contributed by atoms with E-state index in [1.807, 2.05) is 0 Å². The summed E-state index contributed by atoms with van der Waals surface area (Å²) in [6.45, 7) is 17.5. The number of nitrogens with one attached hydrogen (secondary N) is 2. The molecule has 8 heteroatoms. The van der Waals surface area contributed by atoms with Gasteiger partial charge >= 0.3 is 334 Å². The van der Waals surface area contributed by atoms with Gasteiger partial charge in [-0.2, -0.15) is 0 Å². The quantitative estimate of drug-likeness (QED) is 0.0925. The van der Waals surface area contributed by atoms with E-state index in [9.17, 15) is 9.59 Å². The van der Waals surface area contributed by atoms with Crippen molar-refractivity contribution in [1.29, 1.82) is 0 Å². The Morgan fingerprint density at radius 2 is 1.00 bits per heavy atom. The fourth-order valence-electron chi connectivity index (χ4n) is 9.39. The molecule has 6 rings (SSSR count). The molecule has 2 unspecified atom stereocenters. The van der Waals surface area contributed by atoms with Crippen molar-refractivity contribution < 1.29 is 25.8 Å². The van der Waals surface area contributed by atoms with Gasteiger partial charge in [0.1, 0.15) is 0 Å². The molecule has 0 heterocycles. The molecule has 2 aliphatic rings. The predicted molar refractivity (Wildman–Crippen MR) is 229 cm³/mol. The van der Waals surface area contributed by atoms with Crippen molar-refractivity contribution in [3.63, 3.8) is 0 Å². The molecule has 0 saturated carbocycles. The Kier molecular flexibility index (Phi) is 12.1. The van der Waals surface area contributed by atoms with Crippen LogP contribution in [0.4, 0.5) is 0 Å². The van der Waals surface area contributed by atoms with Gasteiger partial charge in [-0.1, -0.05) is 0 Å². The number of hydrogen-bond acceptors (Lipinski definition) is 2. The Morgan fingerprint density at radius 3 is 1.37 bits per heavy atom. The maximum atomic E-state index is 12.6. The first-order chi connectivity index (χ1) is 25.8. The molecular formula is C46H54BCl2N2O2Zr. The number of benzene rings is 4. The molecule has 4 aromatic carbocycles. The minimum atomic E-state index is -5.88. The van der Waals surface area contributed by atoms with Gasteiger partial charge in [0.05, 0.1) is 0 Å². The molecule has 0 saturated heterocycles. The van der Waals surface area contributed by atoms with Gasteiger partial charge in [0.15, 0.2) is 0 Å². The van der Waals surface area contributed by atoms with Gasteiger partial charge in [0.2, 0.25) is 0 Å². The first-order valence-electron chi connectivity index (χ1n) is 19.6. The van der Waals surface area contributed by atoms with E-state index in [4.69, 9.17) is 17.0 Å². The van der Waals surface area contributed by atoms with Crippen molar-refractivity contribution in [3.8, 4) is 22.3 Å². The van der Waals surface area contributed by atoms with Gasteiger partial charge in [-0.15, -0.1) is 0 Å². The molecular weight excluding hydrogens is 785 g/mol. The number of halogens is 2. The van der Waals surface area contributed by atoms with E-state index in [0.29, 0.717) is 12.8 Å². The fraction of sp³-hybridized carbons (Fsp3) is 0.348. The van der Waals surface area contributed by atoms with Crippen LogP contribution in [0.15, 0.2) is 71.8 Å². The van der Waals surface area contributed by atoms with Crippen molar-refractivity contribution in [2.45, 2.75) is 101 Å². The van der Waals surface area contributed by atoms with Crippen molar-refractivity contribution in [2.24, 2.45) is 0 Å². The summed E-state index contributed by atoms with van der Waals surface area (Å²) < 4.78 is -1.69. The Hall–Kier alpha value is -3.17. The summed E-state index contributed by atoms with van der Waals surface area (Å²) in [5, 5.41) is 6.05. The Morgan fingerprint density at radius 1 is 0.593 bits per heavy atom. The zero-order valence-electron chi connectivity index (χ0n) is 33.1. The van der Waals surface area contributed by atoms with Crippen LogP contribution in [0.3, 0.4) is 0 Å². The first-order valence-corrected chi connectivity index (χ1v) is 30.2. The molecule has 0 fully saturated rings. The maximum absolute atomic E-state index is 12.6. The Labute approximate surface area is 331 Å². The molecule has 2 aliphatic carbocycles. The molecule has 0 aromatic heterocycles. The summed E-state index contributed by atoms with van der Waals surface area (Å²) in [5.41, 5.74) is 19.1. The number of aryl methyl sites for hydroxylation is 2. The van der Waals surface area contributed by atoms with Crippen LogP contribution in [0.25, 0.3) is 34.4 Å². The number of fused-ring (bicyclic) bond motifs is 2. The molecule has 54 heavy (non-hydrogen) atoms. The van der Waals surface area contributed by atoms with E-state index in [-0.39, 0.29) is 7.25 Å². The topological polar surface area (TPSA) is 58.2 Å². The van der Waals surface area contributed by atoms with Crippen LogP contribution >= 0.6 is 17.0 Å². The van der Waals surface area contributed by atoms with Gasteiger partial charge in [-0.3, -0.25) is 0 Å². The molecule has 0 bridgehead atoms. The van der Waals surface area contributed by atoms with Gasteiger partial charge in [0, 0.05) is 0 Å². The summed E-state index contributed by atoms with van der Waals surface area (Å²) in [6.07, 6.45) is 11.6. The Balaban J connectivity index is 1.69. The molecule has 281 valence electrons. The third kappa shape index (κ3) is 6.73. The van der Waals surface area contributed by atoms with E-state index in [1.165, 1.54) is 55.7 Å². The predicted octanol–water partition coefficient (Wildman–Crippen LogP) is 12.3. The summed E-state index contributed by atoms with van der Waals surface area (Å²) in [6, 6.07) is 21.9. The number of carbonyl (C=O) groups excluding carboxylic acids is 2. The molecule has 4 aromatic rings. The minimum absolute atomic E-state index is 0.374. The average molecular weight is 840 g/mol. The number of hydrogen-bond donors (Lipinski definition) is 2. The zero-order chi connectivity index (χ0) is 39.0. The zero-order valence-corrected chi connectivity index (χ0v) is 37.1. The second-order valence-corrected chi connectivity index (χ2v) is 37.1. The van der Waals surface area contributed by atoms with Crippen molar-refractivity contribution in [1.82, 2.24) is 10.5 Å². The van der Waals surface area contributed by atoms with E-state index >= 15 is 0 Å². The third-order valence-corrected chi connectivity index (χ3v) is 32.8. The van der Waals surface area contributed by atoms with Crippen LogP contribution in [0.5, 0.6) is 0 Å². The van der Waals surface area contributed by atoms with Gasteiger partial charge in [-0.05, 0) is 0 Å². The van der Waals surface area contributed by atoms with E-state index < -0.39 is 20.7 Å². The summed E-state index contributed by atoms with van der Waals surface area (Å²) in [7, 11) is 17.5. The SMILES string of the molecule is CCCCC1=Cc2c(-c3ccc(C)c(C)c3C)cccc2[CH]1[Zr]([Cl])([Cl])([B](NC=O)NC=O)[CH]1C(CCCC)=Cc2c(-c3ccc(C)c(C)c3C)cccc21. The average Bonchev–Trinajstić information content (AvgIpc) is 3.74. The summed E-state index contributed by atoms with van der Waals surface area (Å²) in [4.78, 5) is 25.2. The number of amides is 2. The van der Waals surface area contributed by atoms with E-state index in [2.05, 4.69) is 139 Å². The third-order valence-electron chi connectivity index (χ3n) is 12.8.